The van der Waals surface area contributed by atoms with E-state index in [0.29, 0.717) is 5.78 Å². The van der Waals surface area contributed by atoms with E-state index in [1.54, 1.807) is 0 Å². The van der Waals surface area contributed by atoms with Crippen LogP contribution in [0, 0.1) is 0 Å². The summed E-state index contributed by atoms with van der Waals surface area (Å²) in [7, 11) is 0. The summed E-state index contributed by atoms with van der Waals surface area (Å²) in [6, 6.07) is 0. The predicted molar refractivity (Wildman–Crippen MR) is 60.3 cm³/mol. The highest BCUT2D eigenvalue weighted by Crippen LogP contribution is 2.21. The van der Waals surface area contributed by atoms with Crippen LogP contribution in [-0.4, -0.2) is 5.78 Å². The zero-order valence-electron chi connectivity index (χ0n) is 9.35. The highest BCUT2D eigenvalue weighted by Gasteiger charge is 2.15. The minimum absolute atomic E-state index is 0.401. The number of ketones is 1. The molecule has 0 heterocycles. The van der Waals surface area contributed by atoms with Crippen molar-refractivity contribution in [3.8, 4) is 0 Å². The standard InChI is InChI=1S/C13H22O/c1-2-3-4-5-6-7-9-12-10-8-11-13(12)14/h9H,2-8,10-11H2,1H3. The van der Waals surface area contributed by atoms with Gasteiger partial charge >= 0.3 is 0 Å². The third-order valence-corrected chi connectivity index (χ3v) is 2.91. The Balaban J connectivity index is 2.05. The van der Waals surface area contributed by atoms with E-state index in [1.807, 2.05) is 0 Å². The topological polar surface area (TPSA) is 17.1 Å². The van der Waals surface area contributed by atoms with Gasteiger partial charge in [-0.25, -0.2) is 0 Å². The first-order valence-corrected chi connectivity index (χ1v) is 6.07. The highest BCUT2D eigenvalue weighted by atomic mass is 16.1. The maximum absolute atomic E-state index is 11.3. The van der Waals surface area contributed by atoms with E-state index in [1.165, 1.54) is 32.1 Å². The normalized spacial score (nSPS) is 19.5. The van der Waals surface area contributed by atoms with Crippen molar-refractivity contribution in [2.24, 2.45) is 0 Å². The Kier molecular flexibility index (Phi) is 5.58. The summed E-state index contributed by atoms with van der Waals surface area (Å²) in [5.41, 5.74) is 1.11. The predicted octanol–water partition coefficient (Wildman–Crippen LogP) is 4.03. The van der Waals surface area contributed by atoms with Crippen LogP contribution in [0.4, 0.5) is 0 Å². The summed E-state index contributed by atoms with van der Waals surface area (Å²) >= 11 is 0. The van der Waals surface area contributed by atoms with Gasteiger partial charge < -0.3 is 0 Å². The van der Waals surface area contributed by atoms with E-state index < -0.39 is 0 Å². The van der Waals surface area contributed by atoms with E-state index in [9.17, 15) is 4.79 Å². The molecule has 0 bridgehead atoms. The van der Waals surface area contributed by atoms with Crippen molar-refractivity contribution in [1.82, 2.24) is 0 Å². The van der Waals surface area contributed by atoms with E-state index >= 15 is 0 Å². The summed E-state index contributed by atoms with van der Waals surface area (Å²) in [6.07, 6.45) is 12.8. The van der Waals surface area contributed by atoms with Crippen LogP contribution >= 0.6 is 0 Å². The summed E-state index contributed by atoms with van der Waals surface area (Å²) < 4.78 is 0. The molecule has 0 amide bonds. The number of hydrogen-bond acceptors (Lipinski definition) is 1. The van der Waals surface area contributed by atoms with E-state index in [2.05, 4.69) is 13.0 Å². The average Bonchev–Trinajstić information content (AvgIpc) is 2.58. The summed E-state index contributed by atoms with van der Waals surface area (Å²) in [5.74, 6) is 0.401. The number of Topliss-reactive ketones (excluding diaryl/α,β-unsaturated/α-hetero) is 1. The maximum Gasteiger partial charge on any atom is 0.158 e. The summed E-state index contributed by atoms with van der Waals surface area (Å²) in [6.45, 7) is 2.24. The third-order valence-electron chi connectivity index (χ3n) is 2.91. The van der Waals surface area contributed by atoms with Crippen LogP contribution in [0.1, 0.15) is 64.7 Å². The molecule has 0 N–H and O–H groups in total. The minimum Gasteiger partial charge on any atom is -0.295 e. The van der Waals surface area contributed by atoms with Crippen LogP contribution in [0.3, 0.4) is 0 Å². The van der Waals surface area contributed by atoms with Crippen molar-refractivity contribution in [2.45, 2.75) is 64.7 Å². The molecule has 0 radical (unpaired) electrons. The molecule has 0 atom stereocenters. The van der Waals surface area contributed by atoms with Crippen LogP contribution < -0.4 is 0 Å². The van der Waals surface area contributed by atoms with Gasteiger partial charge in [-0.2, -0.15) is 0 Å². The lowest BCUT2D eigenvalue weighted by molar-refractivity contribution is -0.114. The van der Waals surface area contributed by atoms with Crippen molar-refractivity contribution >= 4 is 5.78 Å². The van der Waals surface area contributed by atoms with Crippen molar-refractivity contribution in [3.05, 3.63) is 11.6 Å². The second-order valence-electron chi connectivity index (χ2n) is 4.21. The van der Waals surface area contributed by atoms with Gasteiger partial charge in [0.1, 0.15) is 0 Å². The Hall–Kier alpha value is -0.590. The van der Waals surface area contributed by atoms with Crippen molar-refractivity contribution in [1.29, 1.82) is 0 Å². The molecule has 0 unspecified atom stereocenters. The van der Waals surface area contributed by atoms with E-state index in [4.69, 9.17) is 0 Å². The van der Waals surface area contributed by atoms with Crippen LogP contribution in [0.5, 0.6) is 0 Å². The Morgan fingerprint density at radius 2 is 1.93 bits per heavy atom. The third kappa shape index (κ3) is 4.08. The molecule has 80 valence electrons. The van der Waals surface area contributed by atoms with Crippen molar-refractivity contribution < 1.29 is 4.79 Å². The Bertz CT molecular complexity index is 203. The molecule has 0 aromatic rings. The Morgan fingerprint density at radius 1 is 1.14 bits per heavy atom. The average molecular weight is 194 g/mol. The first-order valence-electron chi connectivity index (χ1n) is 6.07. The minimum atomic E-state index is 0.401. The molecular weight excluding hydrogens is 172 g/mol. The van der Waals surface area contributed by atoms with Gasteiger partial charge in [0.15, 0.2) is 5.78 Å². The summed E-state index contributed by atoms with van der Waals surface area (Å²) in [4.78, 5) is 11.3. The van der Waals surface area contributed by atoms with Gasteiger partial charge in [-0.05, 0) is 31.3 Å². The molecule has 1 fully saturated rings. The quantitative estimate of drug-likeness (QED) is 0.461. The zero-order valence-corrected chi connectivity index (χ0v) is 9.35. The smallest absolute Gasteiger partial charge is 0.158 e. The number of unbranched alkanes of at least 4 members (excludes halogenated alkanes) is 5. The van der Waals surface area contributed by atoms with Gasteiger partial charge in [-0.1, -0.05) is 38.7 Å². The van der Waals surface area contributed by atoms with Gasteiger partial charge in [0.05, 0.1) is 0 Å². The SMILES string of the molecule is CCCCCCCC=C1CCCC1=O. The lowest BCUT2D eigenvalue weighted by atomic mass is 10.1. The molecule has 0 aromatic heterocycles. The van der Waals surface area contributed by atoms with Crippen LogP contribution in [-0.2, 0) is 4.79 Å². The fourth-order valence-electron chi connectivity index (χ4n) is 1.98. The monoisotopic (exact) mass is 194 g/mol. The zero-order chi connectivity index (χ0) is 10.2. The molecule has 1 rings (SSSR count). The van der Waals surface area contributed by atoms with Gasteiger partial charge in [0.25, 0.3) is 0 Å². The molecule has 1 nitrogen and oxygen atoms in total. The molecule has 0 spiro atoms. The number of carbonyl (C=O) groups excluding carboxylic acids is 1. The fourth-order valence-corrected chi connectivity index (χ4v) is 1.98. The Morgan fingerprint density at radius 3 is 2.57 bits per heavy atom. The number of carbonyl (C=O) groups is 1. The van der Waals surface area contributed by atoms with E-state index in [-0.39, 0.29) is 0 Å². The lowest BCUT2D eigenvalue weighted by Crippen LogP contribution is -1.90. The Labute approximate surface area is 87.6 Å². The number of rotatable bonds is 6. The molecule has 0 aliphatic heterocycles. The van der Waals surface area contributed by atoms with Gasteiger partial charge in [-0.15, -0.1) is 0 Å². The number of hydrogen-bond donors (Lipinski definition) is 0. The maximum atomic E-state index is 11.3. The van der Waals surface area contributed by atoms with Crippen molar-refractivity contribution in [3.63, 3.8) is 0 Å². The molecular formula is C13H22O. The lowest BCUT2D eigenvalue weighted by Gasteiger charge is -1.97. The molecule has 0 aromatic carbocycles. The molecule has 0 saturated heterocycles. The molecule has 14 heavy (non-hydrogen) atoms. The second-order valence-corrected chi connectivity index (χ2v) is 4.21. The molecule has 1 aliphatic carbocycles. The van der Waals surface area contributed by atoms with Crippen LogP contribution in [0.25, 0.3) is 0 Å². The van der Waals surface area contributed by atoms with Crippen molar-refractivity contribution in [2.75, 3.05) is 0 Å². The fraction of sp³-hybridized carbons (Fsp3) is 0.769. The summed E-state index contributed by atoms with van der Waals surface area (Å²) in [5, 5.41) is 0. The molecule has 1 aliphatic rings. The first kappa shape index (κ1) is 11.5. The largest absolute Gasteiger partial charge is 0.295 e. The van der Waals surface area contributed by atoms with E-state index in [0.717, 1.165) is 31.3 Å². The van der Waals surface area contributed by atoms with Gasteiger partial charge in [0.2, 0.25) is 0 Å². The van der Waals surface area contributed by atoms with Crippen LogP contribution in [0.15, 0.2) is 11.6 Å². The molecule has 1 saturated carbocycles. The highest BCUT2D eigenvalue weighted by molar-refractivity contribution is 5.97. The molecule has 1 heteroatoms. The number of allylic oxidation sites excluding steroid dienone is 2. The first-order chi connectivity index (χ1) is 6.84. The van der Waals surface area contributed by atoms with Gasteiger partial charge in [-0.3, -0.25) is 4.79 Å². The van der Waals surface area contributed by atoms with Gasteiger partial charge in [0, 0.05) is 6.42 Å². The van der Waals surface area contributed by atoms with Crippen LogP contribution in [0.2, 0.25) is 0 Å². The second kappa shape index (κ2) is 6.80.